The summed E-state index contributed by atoms with van der Waals surface area (Å²) in [6.07, 6.45) is 1.16. The first kappa shape index (κ1) is 13.9. The molecule has 0 radical (unpaired) electrons. The van der Waals surface area contributed by atoms with Crippen LogP contribution in [0.5, 0.6) is 0 Å². The number of aryl methyl sites for hydroxylation is 1. The van der Waals surface area contributed by atoms with Gasteiger partial charge in [-0.1, -0.05) is 13.8 Å². The molecule has 0 aliphatic heterocycles. The molecule has 0 amide bonds. The van der Waals surface area contributed by atoms with Crippen LogP contribution in [0.2, 0.25) is 0 Å². The Morgan fingerprint density at radius 3 is 2.65 bits per heavy atom. The molecule has 17 heavy (non-hydrogen) atoms. The monoisotopic (exact) mass is 236 g/mol. The molecule has 1 N–H and O–H groups in total. The Morgan fingerprint density at radius 1 is 1.35 bits per heavy atom. The highest BCUT2D eigenvalue weighted by Crippen LogP contribution is 2.10. The molecule has 4 nitrogen and oxygen atoms in total. The zero-order valence-electron chi connectivity index (χ0n) is 11.6. The smallest absolute Gasteiger partial charge is 0.225 e. The lowest BCUT2D eigenvalue weighted by Crippen LogP contribution is -2.23. The summed E-state index contributed by atoms with van der Waals surface area (Å²) in [6.45, 7) is 8.27. The van der Waals surface area contributed by atoms with Crippen molar-refractivity contribution >= 4 is 5.95 Å². The van der Waals surface area contributed by atoms with Gasteiger partial charge in [-0.2, -0.15) is 0 Å². The summed E-state index contributed by atoms with van der Waals surface area (Å²) in [5.74, 6) is 1.54. The van der Waals surface area contributed by atoms with Crippen molar-refractivity contribution < 1.29 is 0 Å². The zero-order valence-corrected chi connectivity index (χ0v) is 11.6. The van der Waals surface area contributed by atoms with Crippen LogP contribution in [0.4, 0.5) is 5.95 Å². The van der Waals surface area contributed by atoms with E-state index in [9.17, 15) is 0 Å². The van der Waals surface area contributed by atoms with E-state index in [-0.39, 0.29) is 0 Å². The van der Waals surface area contributed by atoms with Crippen LogP contribution in [0, 0.1) is 12.8 Å². The van der Waals surface area contributed by atoms with Crippen molar-refractivity contribution in [1.82, 2.24) is 15.3 Å². The van der Waals surface area contributed by atoms with Crippen LogP contribution < -0.4 is 10.2 Å². The average Bonchev–Trinajstić information content (AvgIpc) is 2.25. The minimum absolute atomic E-state index is 0.707. The summed E-state index contributed by atoms with van der Waals surface area (Å²) in [7, 11) is 3.99. The third-order valence-corrected chi connectivity index (χ3v) is 2.64. The topological polar surface area (TPSA) is 41.1 Å². The molecular weight excluding hydrogens is 212 g/mol. The highest BCUT2D eigenvalue weighted by Gasteiger charge is 2.07. The first-order valence-electron chi connectivity index (χ1n) is 6.23. The minimum atomic E-state index is 0.707. The molecule has 0 bridgehead atoms. The maximum absolute atomic E-state index is 4.55. The predicted molar refractivity (Wildman–Crippen MR) is 72.3 cm³/mol. The van der Waals surface area contributed by atoms with Crippen LogP contribution in [0.3, 0.4) is 0 Å². The number of hydrogen-bond acceptors (Lipinski definition) is 4. The Kier molecular flexibility index (Phi) is 5.35. The highest BCUT2D eigenvalue weighted by molar-refractivity contribution is 5.31. The van der Waals surface area contributed by atoms with E-state index < -0.39 is 0 Å². The third-order valence-electron chi connectivity index (χ3n) is 2.64. The molecule has 0 fully saturated rings. The molecule has 0 unspecified atom stereocenters. The summed E-state index contributed by atoms with van der Waals surface area (Å²) in [6, 6.07) is 2.02. The molecule has 0 saturated carbocycles. The van der Waals surface area contributed by atoms with E-state index in [2.05, 4.69) is 41.1 Å². The van der Waals surface area contributed by atoms with Gasteiger partial charge in [0.25, 0.3) is 0 Å². The molecule has 0 spiro atoms. The molecule has 96 valence electrons. The molecule has 1 rings (SSSR count). The van der Waals surface area contributed by atoms with Gasteiger partial charge in [-0.05, 0) is 32.4 Å². The quantitative estimate of drug-likeness (QED) is 0.820. The van der Waals surface area contributed by atoms with Crippen molar-refractivity contribution in [2.75, 3.05) is 25.5 Å². The van der Waals surface area contributed by atoms with Gasteiger partial charge in [-0.25, -0.2) is 9.97 Å². The van der Waals surface area contributed by atoms with Crippen LogP contribution in [-0.4, -0.2) is 30.6 Å². The van der Waals surface area contributed by atoms with Crippen LogP contribution in [0.25, 0.3) is 0 Å². The molecule has 0 atom stereocenters. The maximum atomic E-state index is 4.55. The van der Waals surface area contributed by atoms with Crippen molar-refractivity contribution in [3.63, 3.8) is 0 Å². The van der Waals surface area contributed by atoms with Gasteiger partial charge in [-0.3, -0.25) is 0 Å². The number of nitrogens with zero attached hydrogens (tertiary/aromatic N) is 3. The number of anilines is 1. The van der Waals surface area contributed by atoms with Crippen molar-refractivity contribution in [2.24, 2.45) is 5.92 Å². The molecule has 1 heterocycles. The maximum Gasteiger partial charge on any atom is 0.225 e. The van der Waals surface area contributed by atoms with Gasteiger partial charge >= 0.3 is 0 Å². The Labute approximate surface area is 104 Å². The van der Waals surface area contributed by atoms with E-state index in [1.54, 1.807) is 0 Å². The van der Waals surface area contributed by atoms with Gasteiger partial charge < -0.3 is 10.2 Å². The van der Waals surface area contributed by atoms with E-state index in [1.165, 1.54) is 0 Å². The van der Waals surface area contributed by atoms with Gasteiger partial charge in [0.1, 0.15) is 0 Å². The van der Waals surface area contributed by atoms with Crippen LogP contribution in [-0.2, 0) is 6.54 Å². The summed E-state index contributed by atoms with van der Waals surface area (Å²) < 4.78 is 0. The summed E-state index contributed by atoms with van der Waals surface area (Å²) >= 11 is 0. The fourth-order valence-electron chi connectivity index (χ4n) is 1.61. The van der Waals surface area contributed by atoms with Gasteiger partial charge in [0, 0.05) is 25.8 Å². The van der Waals surface area contributed by atoms with Crippen molar-refractivity contribution in [1.29, 1.82) is 0 Å². The first-order chi connectivity index (χ1) is 8.02. The summed E-state index contributed by atoms with van der Waals surface area (Å²) in [5.41, 5.74) is 2.07. The van der Waals surface area contributed by atoms with E-state index in [0.717, 1.165) is 36.8 Å². The van der Waals surface area contributed by atoms with Crippen LogP contribution in [0.15, 0.2) is 6.07 Å². The molecule has 0 saturated heterocycles. The molecule has 1 aromatic rings. The number of aromatic nitrogens is 2. The van der Waals surface area contributed by atoms with Gasteiger partial charge in [0.2, 0.25) is 5.95 Å². The van der Waals surface area contributed by atoms with Crippen LogP contribution in [0.1, 0.15) is 31.7 Å². The second kappa shape index (κ2) is 6.55. The Hall–Kier alpha value is -1.16. The van der Waals surface area contributed by atoms with Crippen molar-refractivity contribution in [3.8, 4) is 0 Å². The lowest BCUT2D eigenvalue weighted by molar-refractivity contribution is 0.581. The standard InChI is InChI=1S/C13H24N4/c1-10(2)6-7-17(5)13-15-11(3)8-12(16-13)9-14-4/h8,10,14H,6-7,9H2,1-5H3. The first-order valence-corrected chi connectivity index (χ1v) is 6.23. The highest BCUT2D eigenvalue weighted by atomic mass is 15.2. The van der Waals surface area contributed by atoms with Crippen LogP contribution >= 0.6 is 0 Å². The lowest BCUT2D eigenvalue weighted by Gasteiger charge is -2.19. The second-order valence-electron chi connectivity index (χ2n) is 4.94. The zero-order chi connectivity index (χ0) is 12.8. The molecule has 1 aromatic heterocycles. The SMILES string of the molecule is CNCc1cc(C)nc(N(C)CCC(C)C)n1. The number of rotatable bonds is 6. The minimum Gasteiger partial charge on any atom is -0.344 e. The van der Waals surface area contributed by atoms with E-state index in [1.807, 2.05) is 20.0 Å². The molecule has 0 aromatic carbocycles. The fraction of sp³-hybridized carbons (Fsp3) is 0.692. The van der Waals surface area contributed by atoms with E-state index in [4.69, 9.17) is 0 Å². The Bertz CT molecular complexity index is 349. The van der Waals surface area contributed by atoms with Gasteiger partial charge in [0.05, 0.1) is 5.69 Å². The summed E-state index contributed by atoms with van der Waals surface area (Å²) in [4.78, 5) is 11.2. The molecule has 0 aliphatic carbocycles. The van der Waals surface area contributed by atoms with Crippen molar-refractivity contribution in [2.45, 2.75) is 33.7 Å². The fourth-order valence-corrected chi connectivity index (χ4v) is 1.61. The predicted octanol–water partition coefficient (Wildman–Crippen LogP) is 1.99. The molecular formula is C13H24N4. The number of nitrogens with one attached hydrogen (secondary N) is 1. The van der Waals surface area contributed by atoms with Gasteiger partial charge in [-0.15, -0.1) is 0 Å². The molecule has 4 heteroatoms. The summed E-state index contributed by atoms with van der Waals surface area (Å²) in [5, 5.41) is 3.12. The van der Waals surface area contributed by atoms with Crippen molar-refractivity contribution in [3.05, 3.63) is 17.5 Å². The average molecular weight is 236 g/mol. The lowest BCUT2D eigenvalue weighted by atomic mass is 10.1. The van der Waals surface area contributed by atoms with E-state index in [0.29, 0.717) is 5.92 Å². The Balaban J connectivity index is 2.74. The second-order valence-corrected chi connectivity index (χ2v) is 4.94. The normalized spacial score (nSPS) is 10.9. The Morgan fingerprint density at radius 2 is 2.06 bits per heavy atom. The molecule has 0 aliphatic rings. The largest absolute Gasteiger partial charge is 0.344 e. The van der Waals surface area contributed by atoms with Gasteiger partial charge in [0.15, 0.2) is 0 Å². The third kappa shape index (κ3) is 4.69. The van der Waals surface area contributed by atoms with E-state index >= 15 is 0 Å². The number of hydrogen-bond donors (Lipinski definition) is 1.